The lowest BCUT2D eigenvalue weighted by Gasteiger charge is -2.29. The number of ether oxygens (including phenoxy) is 1. The van der Waals surface area contributed by atoms with Crippen molar-refractivity contribution in [3.63, 3.8) is 0 Å². The fraction of sp³-hybridized carbons (Fsp3) is 0.333. The van der Waals surface area contributed by atoms with Crippen LogP contribution < -0.4 is 0 Å². The molecule has 0 radical (unpaired) electrons. The van der Waals surface area contributed by atoms with Gasteiger partial charge in [0, 0.05) is 62.9 Å². The number of methoxy groups -OCH3 is 1. The molecule has 0 fully saturated rings. The van der Waals surface area contributed by atoms with E-state index in [-0.39, 0.29) is 11.7 Å². The van der Waals surface area contributed by atoms with Crippen LogP contribution >= 0.6 is 0 Å². The van der Waals surface area contributed by atoms with E-state index in [0.717, 1.165) is 17.3 Å². The number of aromatic nitrogens is 2. The van der Waals surface area contributed by atoms with Gasteiger partial charge in [0.05, 0.1) is 11.8 Å². The lowest BCUT2D eigenvalue weighted by molar-refractivity contribution is -0.129. The summed E-state index contributed by atoms with van der Waals surface area (Å²) in [6.07, 6.45) is 0.434. The molecule has 3 aromatic rings. The van der Waals surface area contributed by atoms with Gasteiger partial charge in [0.1, 0.15) is 23.5 Å². The molecular weight excluding hydrogens is 419 g/mol. The number of hydrogen-bond acceptors (Lipinski definition) is 3. The van der Waals surface area contributed by atoms with E-state index in [1.165, 1.54) is 25.1 Å². The second-order valence-corrected chi connectivity index (χ2v) is 8.29. The molecule has 8 heteroatoms. The summed E-state index contributed by atoms with van der Waals surface area (Å²) in [7, 11) is 1.55. The average Bonchev–Trinajstić information content (AvgIpc) is 3.32. The quantitative estimate of drug-likeness (QED) is 0.617. The van der Waals surface area contributed by atoms with Crippen molar-refractivity contribution in [2.45, 2.75) is 38.5 Å². The number of fused-ring (bicyclic) bond motifs is 2. The molecule has 0 N–H and O–H groups in total. The Kier molecular flexibility index (Phi) is 5.04. The summed E-state index contributed by atoms with van der Waals surface area (Å²) in [6, 6.07) is 7.74. The van der Waals surface area contributed by atoms with Crippen molar-refractivity contribution >= 4 is 5.91 Å². The minimum absolute atomic E-state index is 0.0430. The summed E-state index contributed by atoms with van der Waals surface area (Å²) in [5.41, 5.74) is 4.04. The lowest BCUT2D eigenvalue weighted by Crippen LogP contribution is -2.35. The lowest BCUT2D eigenvalue weighted by atomic mass is 10.00. The summed E-state index contributed by atoms with van der Waals surface area (Å²) >= 11 is 0. The zero-order chi connectivity index (χ0) is 22.6. The highest BCUT2D eigenvalue weighted by Crippen LogP contribution is 2.41. The maximum absolute atomic E-state index is 14.5. The summed E-state index contributed by atoms with van der Waals surface area (Å²) in [4.78, 5) is 13.8. The first-order valence-electron chi connectivity index (χ1n) is 10.5. The van der Waals surface area contributed by atoms with Gasteiger partial charge in [0.2, 0.25) is 5.91 Å². The molecule has 0 unspecified atom stereocenters. The molecule has 2 heterocycles. The molecule has 2 aromatic carbocycles. The number of rotatable bonds is 3. The summed E-state index contributed by atoms with van der Waals surface area (Å²) in [5, 5.41) is 4.86. The van der Waals surface area contributed by atoms with Crippen molar-refractivity contribution in [1.29, 1.82) is 0 Å². The van der Waals surface area contributed by atoms with E-state index in [9.17, 15) is 18.0 Å². The van der Waals surface area contributed by atoms with E-state index < -0.39 is 23.8 Å². The van der Waals surface area contributed by atoms with E-state index in [4.69, 9.17) is 9.84 Å². The second-order valence-electron chi connectivity index (χ2n) is 8.29. The maximum Gasteiger partial charge on any atom is 0.219 e. The molecule has 32 heavy (non-hydrogen) atoms. The number of carbonyl (C=O) groups is 1. The van der Waals surface area contributed by atoms with E-state index in [1.54, 1.807) is 28.8 Å². The largest absolute Gasteiger partial charge is 0.379 e. The zero-order valence-corrected chi connectivity index (χ0v) is 17.7. The third-order valence-electron chi connectivity index (χ3n) is 6.49. The predicted molar refractivity (Wildman–Crippen MR) is 111 cm³/mol. The number of halogens is 3. The Morgan fingerprint density at radius 3 is 2.53 bits per heavy atom. The molecule has 0 spiro atoms. The van der Waals surface area contributed by atoms with Crippen LogP contribution in [0.25, 0.3) is 11.3 Å². The molecule has 0 saturated heterocycles. The van der Waals surface area contributed by atoms with Crippen molar-refractivity contribution in [3.05, 3.63) is 76.2 Å². The van der Waals surface area contributed by atoms with Gasteiger partial charge in [0.25, 0.3) is 0 Å². The van der Waals surface area contributed by atoms with Crippen LogP contribution in [0.2, 0.25) is 0 Å². The third kappa shape index (κ3) is 3.30. The molecule has 5 nitrogen and oxygen atoms in total. The first kappa shape index (κ1) is 20.8. The van der Waals surface area contributed by atoms with Gasteiger partial charge in [-0.05, 0) is 41.5 Å². The second kappa shape index (κ2) is 7.78. The molecule has 2 atom stereocenters. The van der Waals surface area contributed by atoms with Crippen LogP contribution in [0.4, 0.5) is 13.2 Å². The van der Waals surface area contributed by atoms with Crippen molar-refractivity contribution in [2.24, 2.45) is 0 Å². The van der Waals surface area contributed by atoms with E-state index in [1.807, 2.05) is 0 Å². The van der Waals surface area contributed by atoms with E-state index >= 15 is 0 Å². The van der Waals surface area contributed by atoms with Gasteiger partial charge in [-0.1, -0.05) is 0 Å². The third-order valence-corrected chi connectivity index (χ3v) is 6.49. The van der Waals surface area contributed by atoms with Gasteiger partial charge in [-0.25, -0.2) is 13.2 Å². The highest BCUT2D eigenvalue weighted by atomic mass is 19.1. The molecule has 5 rings (SSSR count). The molecule has 0 saturated carbocycles. The summed E-state index contributed by atoms with van der Waals surface area (Å²) < 4.78 is 49.7. The normalized spacial score (nSPS) is 19.7. The average molecular weight is 441 g/mol. The van der Waals surface area contributed by atoms with Crippen LogP contribution in [0.15, 0.2) is 36.4 Å². The highest BCUT2D eigenvalue weighted by molar-refractivity contribution is 5.74. The number of hydrogen-bond donors (Lipinski definition) is 0. The van der Waals surface area contributed by atoms with Crippen molar-refractivity contribution < 1.29 is 22.7 Å². The van der Waals surface area contributed by atoms with Crippen LogP contribution in [0.3, 0.4) is 0 Å². The van der Waals surface area contributed by atoms with E-state index in [2.05, 4.69) is 0 Å². The highest BCUT2D eigenvalue weighted by Gasteiger charge is 2.40. The molecule has 2 aliphatic rings. The fourth-order valence-corrected chi connectivity index (χ4v) is 4.90. The van der Waals surface area contributed by atoms with Gasteiger partial charge in [0.15, 0.2) is 0 Å². The van der Waals surface area contributed by atoms with Crippen LogP contribution in [-0.2, 0) is 28.9 Å². The molecule has 1 amide bonds. The minimum Gasteiger partial charge on any atom is -0.379 e. The predicted octanol–water partition coefficient (Wildman–Crippen LogP) is 4.03. The Balaban J connectivity index is 1.70. The monoisotopic (exact) mass is 441 g/mol. The van der Waals surface area contributed by atoms with Crippen molar-refractivity contribution in [3.8, 4) is 11.3 Å². The molecule has 0 bridgehead atoms. The molecule has 1 aromatic heterocycles. The smallest absolute Gasteiger partial charge is 0.219 e. The zero-order valence-electron chi connectivity index (χ0n) is 17.7. The van der Waals surface area contributed by atoms with Crippen LogP contribution in [0.5, 0.6) is 0 Å². The molecular formula is C24H22F3N3O2. The maximum atomic E-state index is 14.5. The number of amides is 1. The standard InChI is InChI=1S/C24H22F3N3O2/c1-13(31)29-8-7-21-19(12-29)23(14-3-5-15(25)6-4-14)28-30(21)24-18-9-16(26)10-20(27)17(18)11-22(24)32-2/h3-6,9-10,22,24H,7-8,11-12H2,1-2H3/t22-,24+/m0/s1. The Labute approximate surface area is 183 Å². The van der Waals surface area contributed by atoms with Gasteiger partial charge >= 0.3 is 0 Å². The van der Waals surface area contributed by atoms with Gasteiger partial charge in [-0.2, -0.15) is 5.10 Å². The molecule has 1 aliphatic carbocycles. The van der Waals surface area contributed by atoms with Crippen molar-refractivity contribution in [1.82, 2.24) is 14.7 Å². The van der Waals surface area contributed by atoms with Gasteiger partial charge in [-0.3, -0.25) is 9.48 Å². The van der Waals surface area contributed by atoms with Crippen molar-refractivity contribution in [2.75, 3.05) is 13.7 Å². The Hall–Kier alpha value is -3.13. The molecule has 166 valence electrons. The first-order valence-corrected chi connectivity index (χ1v) is 10.5. The van der Waals surface area contributed by atoms with Crippen LogP contribution in [0.1, 0.15) is 35.3 Å². The number of benzene rings is 2. The minimum atomic E-state index is -0.648. The summed E-state index contributed by atoms with van der Waals surface area (Å²) in [5.74, 6) is -1.64. The Bertz CT molecular complexity index is 1210. The van der Waals surface area contributed by atoms with Gasteiger partial charge in [-0.15, -0.1) is 0 Å². The van der Waals surface area contributed by atoms with Gasteiger partial charge < -0.3 is 9.64 Å². The number of carbonyl (C=O) groups excluding carboxylic acids is 1. The SMILES string of the molecule is CO[C@H]1Cc2c(F)cc(F)cc2[C@H]1n1nc(-c2ccc(F)cc2)c2c1CCN(C(C)=O)C2. The number of nitrogens with zero attached hydrogens (tertiary/aromatic N) is 3. The summed E-state index contributed by atoms with van der Waals surface area (Å²) in [6.45, 7) is 2.41. The first-order chi connectivity index (χ1) is 15.4. The van der Waals surface area contributed by atoms with E-state index in [0.29, 0.717) is 48.3 Å². The fourth-order valence-electron chi connectivity index (χ4n) is 4.90. The van der Waals surface area contributed by atoms with Crippen LogP contribution in [0, 0.1) is 17.5 Å². The Morgan fingerprint density at radius 2 is 1.84 bits per heavy atom. The van der Waals surface area contributed by atoms with Crippen LogP contribution in [-0.4, -0.2) is 40.3 Å². The topological polar surface area (TPSA) is 47.4 Å². The Morgan fingerprint density at radius 1 is 1.09 bits per heavy atom. The molecule has 1 aliphatic heterocycles.